The van der Waals surface area contributed by atoms with E-state index >= 15 is 0 Å². The summed E-state index contributed by atoms with van der Waals surface area (Å²) in [6.07, 6.45) is 2.63. The zero-order chi connectivity index (χ0) is 8.55. The Kier molecular flexibility index (Phi) is 2.40. The lowest BCUT2D eigenvalue weighted by atomic mass is 9.85. The smallest absolute Gasteiger partial charge is 0.0387 e. The van der Waals surface area contributed by atoms with Gasteiger partial charge in [0.2, 0.25) is 0 Å². The van der Waals surface area contributed by atoms with E-state index in [1.807, 2.05) is 0 Å². The predicted molar refractivity (Wildman–Crippen MR) is 60.7 cm³/mol. The maximum atomic E-state index is 2.57. The molecule has 0 nitrogen and oxygen atoms in total. The van der Waals surface area contributed by atoms with Crippen molar-refractivity contribution in [3.8, 4) is 0 Å². The summed E-state index contributed by atoms with van der Waals surface area (Å²) in [6, 6.07) is 8.86. The molecule has 1 aliphatic carbocycles. The van der Waals surface area contributed by atoms with Crippen molar-refractivity contribution in [2.75, 3.05) is 0 Å². The first-order valence-corrected chi connectivity index (χ1v) is 5.75. The van der Waals surface area contributed by atoms with Gasteiger partial charge >= 0.3 is 0 Å². The second-order valence-electron chi connectivity index (χ2n) is 3.62. The predicted octanol–water partition coefficient (Wildman–Crippen LogP) is 3.75. The van der Waals surface area contributed by atoms with E-state index in [1.54, 1.807) is 11.1 Å². The molecular weight excluding hydrogens is 259 g/mol. The van der Waals surface area contributed by atoms with E-state index in [2.05, 4.69) is 53.8 Å². The summed E-state index contributed by atoms with van der Waals surface area (Å²) in [5.74, 6) is 0.848. The lowest BCUT2D eigenvalue weighted by Gasteiger charge is -2.26. The average Bonchev–Trinajstić information content (AvgIpc) is 2.12. The minimum absolute atomic E-state index is 0.729. The second kappa shape index (κ2) is 3.36. The molecule has 0 bridgehead atoms. The molecule has 2 atom stereocenters. The highest BCUT2D eigenvalue weighted by Crippen LogP contribution is 2.40. The van der Waals surface area contributed by atoms with Crippen LogP contribution in [0.4, 0.5) is 0 Å². The van der Waals surface area contributed by atoms with E-state index < -0.39 is 0 Å². The van der Waals surface area contributed by atoms with Gasteiger partial charge in [0.25, 0.3) is 0 Å². The third-order valence-corrected chi connectivity index (χ3v) is 4.62. The molecular formula is C11H13I. The molecule has 0 saturated heterocycles. The zero-order valence-electron chi connectivity index (χ0n) is 7.26. The quantitative estimate of drug-likeness (QED) is 0.498. The standard InChI is InChI=1S/C11H13I/c1-8-6-7-9-4-2-3-5-10(9)11(8)12/h2-5,8,11H,6-7H2,1H3. The molecule has 12 heavy (non-hydrogen) atoms. The van der Waals surface area contributed by atoms with E-state index in [0.29, 0.717) is 0 Å². The van der Waals surface area contributed by atoms with Crippen molar-refractivity contribution in [3.63, 3.8) is 0 Å². The highest BCUT2D eigenvalue weighted by atomic mass is 127. The van der Waals surface area contributed by atoms with E-state index in [4.69, 9.17) is 0 Å². The Balaban J connectivity index is 2.42. The van der Waals surface area contributed by atoms with Crippen LogP contribution in [0.5, 0.6) is 0 Å². The number of hydrogen-bond donors (Lipinski definition) is 0. The van der Waals surface area contributed by atoms with Gasteiger partial charge in [0.05, 0.1) is 0 Å². The molecule has 1 aromatic rings. The molecule has 0 aliphatic heterocycles. The summed E-state index contributed by atoms with van der Waals surface area (Å²) < 4.78 is 0.729. The van der Waals surface area contributed by atoms with Gasteiger partial charge in [-0.1, -0.05) is 53.8 Å². The lowest BCUT2D eigenvalue weighted by Crippen LogP contribution is -2.13. The van der Waals surface area contributed by atoms with Crippen molar-refractivity contribution in [2.24, 2.45) is 5.92 Å². The van der Waals surface area contributed by atoms with Gasteiger partial charge < -0.3 is 0 Å². The molecule has 0 amide bonds. The zero-order valence-corrected chi connectivity index (χ0v) is 9.41. The van der Waals surface area contributed by atoms with E-state index in [1.165, 1.54) is 12.8 Å². The number of aryl methyl sites for hydroxylation is 1. The number of fused-ring (bicyclic) bond motifs is 1. The van der Waals surface area contributed by atoms with Gasteiger partial charge in [-0.15, -0.1) is 0 Å². The first kappa shape index (κ1) is 8.54. The van der Waals surface area contributed by atoms with Crippen molar-refractivity contribution in [1.82, 2.24) is 0 Å². The van der Waals surface area contributed by atoms with Gasteiger partial charge in [0.15, 0.2) is 0 Å². The highest BCUT2D eigenvalue weighted by Gasteiger charge is 2.23. The van der Waals surface area contributed by atoms with Crippen molar-refractivity contribution < 1.29 is 0 Å². The van der Waals surface area contributed by atoms with Gasteiger partial charge in [-0.3, -0.25) is 0 Å². The van der Waals surface area contributed by atoms with Gasteiger partial charge in [-0.05, 0) is 29.9 Å². The average molecular weight is 272 g/mol. The van der Waals surface area contributed by atoms with Crippen LogP contribution in [0.3, 0.4) is 0 Å². The SMILES string of the molecule is CC1CCc2ccccc2C1I. The summed E-state index contributed by atoms with van der Waals surface area (Å²) in [5, 5.41) is 0. The highest BCUT2D eigenvalue weighted by molar-refractivity contribution is 14.1. The van der Waals surface area contributed by atoms with Crippen LogP contribution in [0.2, 0.25) is 0 Å². The Morgan fingerprint density at radius 1 is 1.33 bits per heavy atom. The van der Waals surface area contributed by atoms with E-state index in [9.17, 15) is 0 Å². The molecule has 0 saturated carbocycles. The molecule has 0 aromatic heterocycles. The molecule has 1 aromatic carbocycles. The summed E-state index contributed by atoms with van der Waals surface area (Å²) in [7, 11) is 0. The summed E-state index contributed by atoms with van der Waals surface area (Å²) in [4.78, 5) is 0. The molecule has 0 N–H and O–H groups in total. The number of hydrogen-bond acceptors (Lipinski definition) is 0. The van der Waals surface area contributed by atoms with Crippen LogP contribution in [0.25, 0.3) is 0 Å². The number of alkyl halides is 1. The Labute approximate surface area is 87.5 Å². The molecule has 0 heterocycles. The number of halogens is 1. The fourth-order valence-corrected chi connectivity index (χ4v) is 2.83. The fourth-order valence-electron chi connectivity index (χ4n) is 1.87. The summed E-state index contributed by atoms with van der Waals surface area (Å²) >= 11 is 2.57. The van der Waals surface area contributed by atoms with Crippen LogP contribution in [-0.4, -0.2) is 0 Å². The first-order valence-electron chi connectivity index (χ1n) is 4.51. The second-order valence-corrected chi connectivity index (χ2v) is 4.96. The van der Waals surface area contributed by atoms with Crippen LogP contribution in [0.1, 0.15) is 28.4 Å². The Morgan fingerprint density at radius 3 is 2.92 bits per heavy atom. The van der Waals surface area contributed by atoms with Crippen molar-refractivity contribution in [2.45, 2.75) is 23.7 Å². The molecule has 64 valence electrons. The maximum absolute atomic E-state index is 2.57. The summed E-state index contributed by atoms with van der Waals surface area (Å²) in [6.45, 7) is 2.35. The van der Waals surface area contributed by atoms with Gasteiger partial charge in [0, 0.05) is 3.92 Å². The van der Waals surface area contributed by atoms with Crippen LogP contribution in [0, 0.1) is 5.92 Å². The van der Waals surface area contributed by atoms with Crippen LogP contribution < -0.4 is 0 Å². The third kappa shape index (κ3) is 1.39. The molecule has 0 spiro atoms. The van der Waals surface area contributed by atoms with Crippen molar-refractivity contribution in [1.29, 1.82) is 0 Å². The molecule has 0 radical (unpaired) electrons. The Bertz CT molecular complexity index is 280. The lowest BCUT2D eigenvalue weighted by molar-refractivity contribution is 0.504. The Morgan fingerprint density at radius 2 is 2.08 bits per heavy atom. The molecule has 2 unspecified atom stereocenters. The minimum atomic E-state index is 0.729. The number of rotatable bonds is 0. The van der Waals surface area contributed by atoms with Gasteiger partial charge in [-0.2, -0.15) is 0 Å². The van der Waals surface area contributed by atoms with Crippen LogP contribution in [0.15, 0.2) is 24.3 Å². The Hall–Kier alpha value is -0.0500. The van der Waals surface area contributed by atoms with E-state index in [0.717, 1.165) is 9.84 Å². The van der Waals surface area contributed by atoms with Gasteiger partial charge in [-0.25, -0.2) is 0 Å². The van der Waals surface area contributed by atoms with E-state index in [-0.39, 0.29) is 0 Å². The molecule has 1 heteroatoms. The minimum Gasteiger partial charge on any atom is -0.0771 e. The van der Waals surface area contributed by atoms with Crippen molar-refractivity contribution in [3.05, 3.63) is 35.4 Å². The monoisotopic (exact) mass is 272 g/mol. The molecule has 1 aliphatic rings. The number of benzene rings is 1. The first-order chi connectivity index (χ1) is 5.79. The third-order valence-electron chi connectivity index (χ3n) is 2.72. The van der Waals surface area contributed by atoms with Crippen LogP contribution >= 0.6 is 22.6 Å². The van der Waals surface area contributed by atoms with Crippen LogP contribution in [-0.2, 0) is 6.42 Å². The largest absolute Gasteiger partial charge is 0.0771 e. The molecule has 2 rings (SSSR count). The topological polar surface area (TPSA) is 0 Å². The fraction of sp³-hybridized carbons (Fsp3) is 0.455. The molecule has 0 fully saturated rings. The van der Waals surface area contributed by atoms with Gasteiger partial charge in [0.1, 0.15) is 0 Å². The maximum Gasteiger partial charge on any atom is 0.0387 e. The normalized spacial score (nSPS) is 28.2. The van der Waals surface area contributed by atoms with Crippen molar-refractivity contribution >= 4 is 22.6 Å². The summed E-state index contributed by atoms with van der Waals surface area (Å²) in [5.41, 5.74) is 3.13.